The second kappa shape index (κ2) is 9.81. The van der Waals surface area contributed by atoms with E-state index in [1.54, 1.807) is 12.1 Å². The number of guanidine groups is 1. The summed E-state index contributed by atoms with van der Waals surface area (Å²) < 4.78 is 15.4. The average molecular weight is 345 g/mol. The lowest BCUT2D eigenvalue weighted by molar-refractivity contribution is 0.507. The zero-order valence-electron chi connectivity index (χ0n) is 15.3. The standard InChI is InChI=1S/C19H28FN5/c1-4-21-19(23-9-8-16-6-5-7-17(20)12-16)24-13-18-22-10-11-25(18)14-15(2)3/h5-7,10-12,15H,4,8-9,13-14H2,1-3H3,(H2,21,23,24). The Hall–Kier alpha value is -2.37. The van der Waals surface area contributed by atoms with Gasteiger partial charge in [0.15, 0.2) is 5.96 Å². The van der Waals surface area contributed by atoms with Gasteiger partial charge in [-0.3, -0.25) is 0 Å². The molecule has 0 aliphatic carbocycles. The summed E-state index contributed by atoms with van der Waals surface area (Å²) in [5.74, 6) is 2.07. The van der Waals surface area contributed by atoms with Crippen LogP contribution in [-0.2, 0) is 19.5 Å². The maximum atomic E-state index is 13.2. The molecule has 0 aliphatic rings. The zero-order valence-corrected chi connectivity index (χ0v) is 15.3. The molecular weight excluding hydrogens is 317 g/mol. The van der Waals surface area contributed by atoms with Crippen LogP contribution in [-0.4, -0.2) is 28.6 Å². The van der Waals surface area contributed by atoms with Gasteiger partial charge < -0.3 is 15.2 Å². The van der Waals surface area contributed by atoms with Crippen molar-refractivity contribution in [3.63, 3.8) is 0 Å². The highest BCUT2D eigenvalue weighted by atomic mass is 19.1. The summed E-state index contributed by atoms with van der Waals surface area (Å²) in [6, 6.07) is 6.69. The van der Waals surface area contributed by atoms with Gasteiger partial charge in [0, 0.05) is 32.0 Å². The number of halogens is 1. The van der Waals surface area contributed by atoms with Crippen molar-refractivity contribution in [3.8, 4) is 0 Å². The van der Waals surface area contributed by atoms with Crippen molar-refractivity contribution in [3.05, 3.63) is 53.9 Å². The van der Waals surface area contributed by atoms with Crippen molar-refractivity contribution in [2.45, 2.75) is 40.3 Å². The lowest BCUT2D eigenvalue weighted by Gasteiger charge is -2.12. The van der Waals surface area contributed by atoms with Crippen LogP contribution in [0.3, 0.4) is 0 Å². The lowest BCUT2D eigenvalue weighted by Crippen LogP contribution is -2.38. The number of hydrogen-bond acceptors (Lipinski definition) is 2. The molecule has 0 unspecified atom stereocenters. The minimum absolute atomic E-state index is 0.199. The van der Waals surface area contributed by atoms with Crippen LogP contribution in [0.2, 0.25) is 0 Å². The van der Waals surface area contributed by atoms with Gasteiger partial charge in [-0.1, -0.05) is 26.0 Å². The summed E-state index contributed by atoms with van der Waals surface area (Å²) in [5.41, 5.74) is 0.968. The quantitative estimate of drug-likeness (QED) is 0.571. The van der Waals surface area contributed by atoms with Crippen LogP contribution in [0, 0.1) is 11.7 Å². The van der Waals surface area contributed by atoms with Gasteiger partial charge in [0.1, 0.15) is 18.2 Å². The molecule has 2 aromatic rings. The maximum absolute atomic E-state index is 13.2. The van der Waals surface area contributed by atoms with Crippen molar-refractivity contribution in [1.82, 2.24) is 20.2 Å². The Bertz CT molecular complexity index is 678. The van der Waals surface area contributed by atoms with Crippen LogP contribution < -0.4 is 10.6 Å². The van der Waals surface area contributed by atoms with Gasteiger partial charge in [0.25, 0.3) is 0 Å². The monoisotopic (exact) mass is 345 g/mol. The van der Waals surface area contributed by atoms with Gasteiger partial charge >= 0.3 is 0 Å². The van der Waals surface area contributed by atoms with E-state index in [0.29, 0.717) is 19.0 Å². The predicted octanol–water partition coefficient (Wildman–Crippen LogP) is 2.98. The molecule has 0 atom stereocenters. The van der Waals surface area contributed by atoms with Crippen LogP contribution in [0.15, 0.2) is 41.7 Å². The van der Waals surface area contributed by atoms with Gasteiger partial charge in [-0.05, 0) is 37.0 Å². The Morgan fingerprint density at radius 3 is 2.88 bits per heavy atom. The summed E-state index contributed by atoms with van der Waals surface area (Å²) in [5, 5.41) is 6.52. The van der Waals surface area contributed by atoms with E-state index < -0.39 is 0 Å². The van der Waals surface area contributed by atoms with Gasteiger partial charge in [0.05, 0.1) is 0 Å². The third kappa shape index (κ3) is 6.57. The average Bonchev–Trinajstić information content (AvgIpc) is 2.99. The molecule has 1 heterocycles. The Labute approximate surface area is 149 Å². The van der Waals surface area contributed by atoms with Gasteiger partial charge in [-0.2, -0.15) is 0 Å². The maximum Gasteiger partial charge on any atom is 0.191 e. The molecule has 25 heavy (non-hydrogen) atoms. The van der Waals surface area contributed by atoms with Crippen LogP contribution in [0.5, 0.6) is 0 Å². The zero-order chi connectivity index (χ0) is 18.1. The second-order valence-corrected chi connectivity index (χ2v) is 6.39. The molecule has 1 aromatic carbocycles. The van der Waals surface area contributed by atoms with Crippen molar-refractivity contribution in [2.75, 3.05) is 13.1 Å². The molecule has 0 aliphatic heterocycles. The number of imidazole rings is 1. The Morgan fingerprint density at radius 1 is 1.32 bits per heavy atom. The summed E-state index contributed by atoms with van der Waals surface area (Å²) in [7, 11) is 0. The SMILES string of the molecule is CCNC(=NCc1nccn1CC(C)C)NCCc1cccc(F)c1. The van der Waals surface area contributed by atoms with Crippen molar-refractivity contribution >= 4 is 5.96 Å². The molecule has 5 nitrogen and oxygen atoms in total. The lowest BCUT2D eigenvalue weighted by atomic mass is 10.1. The van der Waals surface area contributed by atoms with Gasteiger partial charge in [0.2, 0.25) is 0 Å². The van der Waals surface area contributed by atoms with Crippen molar-refractivity contribution in [2.24, 2.45) is 10.9 Å². The summed E-state index contributed by atoms with van der Waals surface area (Å²) >= 11 is 0. The van der Waals surface area contributed by atoms with Crippen LogP contribution in [0.1, 0.15) is 32.2 Å². The summed E-state index contributed by atoms with van der Waals surface area (Å²) in [6.07, 6.45) is 4.55. The van der Waals surface area contributed by atoms with Crippen LogP contribution >= 0.6 is 0 Å². The Morgan fingerprint density at radius 2 is 2.16 bits per heavy atom. The molecule has 0 saturated heterocycles. The van der Waals surface area contributed by atoms with E-state index in [-0.39, 0.29) is 5.82 Å². The summed E-state index contributed by atoms with van der Waals surface area (Å²) in [4.78, 5) is 9.01. The highest BCUT2D eigenvalue weighted by Crippen LogP contribution is 2.05. The van der Waals surface area contributed by atoms with E-state index in [4.69, 9.17) is 0 Å². The van der Waals surface area contributed by atoms with E-state index in [2.05, 4.69) is 39.0 Å². The molecule has 1 aromatic heterocycles. The van der Waals surface area contributed by atoms with E-state index in [9.17, 15) is 4.39 Å². The topological polar surface area (TPSA) is 54.2 Å². The first-order chi connectivity index (χ1) is 12.1. The van der Waals surface area contributed by atoms with Gasteiger partial charge in [-0.25, -0.2) is 14.4 Å². The number of nitrogens with zero attached hydrogens (tertiary/aromatic N) is 3. The smallest absolute Gasteiger partial charge is 0.191 e. The molecule has 136 valence electrons. The number of benzene rings is 1. The molecule has 2 rings (SSSR count). The molecular formula is C19H28FN5. The first kappa shape index (κ1) is 19.0. The molecule has 0 saturated carbocycles. The molecule has 0 radical (unpaired) electrons. The summed E-state index contributed by atoms with van der Waals surface area (Å²) in [6.45, 7) is 9.34. The molecule has 2 N–H and O–H groups in total. The second-order valence-electron chi connectivity index (χ2n) is 6.39. The third-order valence-corrected chi connectivity index (χ3v) is 3.68. The number of nitrogens with one attached hydrogen (secondary N) is 2. The third-order valence-electron chi connectivity index (χ3n) is 3.68. The van der Waals surface area contributed by atoms with E-state index in [0.717, 1.165) is 36.9 Å². The number of rotatable bonds is 8. The molecule has 0 fully saturated rings. The highest BCUT2D eigenvalue weighted by molar-refractivity contribution is 5.79. The predicted molar refractivity (Wildman–Crippen MR) is 100.0 cm³/mol. The van der Waals surface area contributed by atoms with Gasteiger partial charge in [-0.15, -0.1) is 0 Å². The minimum Gasteiger partial charge on any atom is -0.357 e. The first-order valence-electron chi connectivity index (χ1n) is 8.85. The number of aliphatic imine (C=N–C) groups is 1. The molecule has 0 spiro atoms. The molecule has 6 heteroatoms. The normalized spacial score (nSPS) is 11.8. The van der Waals surface area contributed by atoms with E-state index >= 15 is 0 Å². The van der Waals surface area contributed by atoms with Crippen molar-refractivity contribution < 1.29 is 4.39 Å². The number of hydrogen-bond donors (Lipinski definition) is 2. The fourth-order valence-electron chi connectivity index (χ4n) is 2.56. The van der Waals surface area contributed by atoms with E-state index in [1.165, 1.54) is 6.07 Å². The first-order valence-corrected chi connectivity index (χ1v) is 8.85. The fraction of sp³-hybridized carbons (Fsp3) is 0.474. The molecule has 0 bridgehead atoms. The Kier molecular flexibility index (Phi) is 7.44. The highest BCUT2D eigenvalue weighted by Gasteiger charge is 2.05. The Balaban J connectivity index is 1.91. The molecule has 0 amide bonds. The minimum atomic E-state index is -0.199. The van der Waals surface area contributed by atoms with Crippen LogP contribution in [0.4, 0.5) is 4.39 Å². The van der Waals surface area contributed by atoms with Crippen molar-refractivity contribution in [1.29, 1.82) is 0 Å². The largest absolute Gasteiger partial charge is 0.357 e. The number of aromatic nitrogens is 2. The fourth-order valence-corrected chi connectivity index (χ4v) is 2.56. The van der Waals surface area contributed by atoms with Crippen LogP contribution in [0.25, 0.3) is 0 Å². The van der Waals surface area contributed by atoms with E-state index in [1.807, 2.05) is 25.4 Å².